The van der Waals surface area contributed by atoms with Crippen molar-refractivity contribution in [2.45, 2.75) is 45.3 Å². The molecule has 1 saturated heterocycles. The standard InChI is InChI=1S/C12H18N2O3/c1-5-17-14-7(2)12-10(8(3)15)6-11(13-12)9(4)16/h1,7,10-14H,6H2,2-4H3. The Balaban J connectivity index is 2.71. The van der Waals surface area contributed by atoms with Gasteiger partial charge in [0.15, 0.2) is 0 Å². The number of nitrogens with one attached hydrogen (secondary N) is 2. The molecule has 4 atom stereocenters. The van der Waals surface area contributed by atoms with Crippen LogP contribution in [0.1, 0.15) is 27.2 Å². The second-order valence-electron chi connectivity index (χ2n) is 4.43. The van der Waals surface area contributed by atoms with Crippen LogP contribution in [-0.4, -0.2) is 29.7 Å². The summed E-state index contributed by atoms with van der Waals surface area (Å²) in [5, 5.41) is 3.15. The molecule has 0 bridgehead atoms. The van der Waals surface area contributed by atoms with Gasteiger partial charge in [0.05, 0.1) is 12.1 Å². The Morgan fingerprint density at radius 3 is 2.59 bits per heavy atom. The first kappa shape index (κ1) is 13.7. The fraction of sp³-hybridized carbons (Fsp3) is 0.667. The highest BCUT2D eigenvalue weighted by atomic mass is 16.6. The highest BCUT2D eigenvalue weighted by Gasteiger charge is 2.41. The molecule has 1 fully saturated rings. The molecule has 1 aliphatic rings. The SMILES string of the molecule is C#CONC(C)C1NC(C(C)=O)CC1C(C)=O. The van der Waals surface area contributed by atoms with Gasteiger partial charge in [-0.2, -0.15) is 0 Å². The molecule has 1 aliphatic heterocycles. The normalized spacial score (nSPS) is 29.4. The van der Waals surface area contributed by atoms with Crippen LogP contribution >= 0.6 is 0 Å². The Hall–Kier alpha value is -1.38. The number of hydrogen-bond acceptors (Lipinski definition) is 5. The van der Waals surface area contributed by atoms with E-state index in [0.29, 0.717) is 6.42 Å². The van der Waals surface area contributed by atoms with Crippen LogP contribution in [-0.2, 0) is 14.4 Å². The molecule has 2 N–H and O–H groups in total. The number of carbonyl (C=O) groups excluding carboxylic acids is 2. The van der Waals surface area contributed by atoms with Gasteiger partial charge in [-0.1, -0.05) is 6.42 Å². The summed E-state index contributed by atoms with van der Waals surface area (Å²) >= 11 is 0. The van der Waals surface area contributed by atoms with Crippen molar-refractivity contribution < 1.29 is 14.4 Å². The van der Waals surface area contributed by atoms with Crippen LogP contribution in [0, 0.1) is 18.4 Å². The quantitative estimate of drug-likeness (QED) is 0.522. The summed E-state index contributed by atoms with van der Waals surface area (Å²) in [4.78, 5) is 27.6. The maximum absolute atomic E-state index is 11.5. The minimum atomic E-state index is -0.260. The maximum Gasteiger partial charge on any atom is 0.146 e. The molecular weight excluding hydrogens is 220 g/mol. The fourth-order valence-electron chi connectivity index (χ4n) is 2.21. The minimum absolute atomic E-state index is 0.0452. The molecule has 5 nitrogen and oxygen atoms in total. The van der Waals surface area contributed by atoms with Crippen LogP contribution in [0.15, 0.2) is 0 Å². The van der Waals surface area contributed by atoms with E-state index in [4.69, 9.17) is 6.42 Å². The third-order valence-electron chi connectivity index (χ3n) is 3.17. The fourth-order valence-corrected chi connectivity index (χ4v) is 2.21. The average molecular weight is 238 g/mol. The van der Waals surface area contributed by atoms with Crippen molar-refractivity contribution in [3.8, 4) is 12.5 Å². The zero-order valence-electron chi connectivity index (χ0n) is 10.3. The topological polar surface area (TPSA) is 67.4 Å². The molecular formula is C12H18N2O3. The van der Waals surface area contributed by atoms with Gasteiger partial charge in [0.1, 0.15) is 17.7 Å². The third-order valence-corrected chi connectivity index (χ3v) is 3.17. The molecule has 1 heterocycles. The molecule has 0 aromatic heterocycles. The highest BCUT2D eigenvalue weighted by molar-refractivity contribution is 5.85. The molecule has 0 aromatic rings. The van der Waals surface area contributed by atoms with Gasteiger partial charge in [0.25, 0.3) is 0 Å². The Labute approximate surface area is 101 Å². The van der Waals surface area contributed by atoms with Crippen LogP contribution in [0.5, 0.6) is 0 Å². The number of ketones is 2. The lowest BCUT2D eigenvalue weighted by Gasteiger charge is -2.23. The van der Waals surface area contributed by atoms with Crippen molar-refractivity contribution in [3.63, 3.8) is 0 Å². The maximum atomic E-state index is 11.5. The Morgan fingerprint density at radius 1 is 1.47 bits per heavy atom. The van der Waals surface area contributed by atoms with Crippen LogP contribution in [0.4, 0.5) is 0 Å². The van der Waals surface area contributed by atoms with E-state index in [1.54, 1.807) is 0 Å². The molecule has 0 saturated carbocycles. The van der Waals surface area contributed by atoms with Gasteiger partial charge in [-0.25, -0.2) is 0 Å². The van der Waals surface area contributed by atoms with Gasteiger partial charge in [0.2, 0.25) is 0 Å². The van der Waals surface area contributed by atoms with E-state index in [1.165, 1.54) is 13.8 Å². The van der Waals surface area contributed by atoms with E-state index in [9.17, 15) is 9.59 Å². The number of Topliss-reactive ketones (excluding diaryl/α,β-unsaturated/α-hetero) is 2. The van der Waals surface area contributed by atoms with E-state index in [-0.39, 0.29) is 35.6 Å². The lowest BCUT2D eigenvalue weighted by molar-refractivity contribution is -0.121. The van der Waals surface area contributed by atoms with Crippen LogP contribution in [0.2, 0.25) is 0 Å². The zero-order chi connectivity index (χ0) is 13.0. The van der Waals surface area contributed by atoms with Gasteiger partial charge >= 0.3 is 0 Å². The summed E-state index contributed by atoms with van der Waals surface area (Å²) in [6.07, 6.45) is 7.52. The van der Waals surface area contributed by atoms with E-state index < -0.39 is 0 Å². The predicted molar refractivity (Wildman–Crippen MR) is 62.7 cm³/mol. The summed E-state index contributed by atoms with van der Waals surface area (Å²) in [6, 6.07) is -0.553. The number of carbonyl (C=O) groups is 2. The van der Waals surface area contributed by atoms with Gasteiger partial charge in [-0.05, 0) is 27.2 Å². The summed E-state index contributed by atoms with van der Waals surface area (Å²) in [5.41, 5.74) is 2.66. The molecule has 17 heavy (non-hydrogen) atoms. The third kappa shape index (κ3) is 3.29. The molecule has 94 valence electrons. The van der Waals surface area contributed by atoms with E-state index in [1.807, 2.05) is 13.0 Å². The number of terminal acetylenes is 1. The molecule has 0 radical (unpaired) electrons. The van der Waals surface area contributed by atoms with Gasteiger partial charge in [0, 0.05) is 12.0 Å². The Bertz CT molecular complexity index is 348. The van der Waals surface area contributed by atoms with Crippen molar-refractivity contribution in [1.29, 1.82) is 0 Å². The molecule has 0 spiro atoms. The van der Waals surface area contributed by atoms with Crippen molar-refractivity contribution >= 4 is 11.6 Å². The number of rotatable bonds is 5. The predicted octanol–water partition coefficient (Wildman–Crippen LogP) is 0.0115. The van der Waals surface area contributed by atoms with Crippen molar-refractivity contribution in [2.75, 3.05) is 0 Å². The van der Waals surface area contributed by atoms with Crippen LogP contribution in [0.25, 0.3) is 0 Å². The summed E-state index contributed by atoms with van der Waals surface area (Å²) in [6.45, 7) is 4.91. The van der Waals surface area contributed by atoms with Crippen molar-refractivity contribution in [1.82, 2.24) is 10.8 Å². The highest BCUT2D eigenvalue weighted by Crippen LogP contribution is 2.24. The van der Waals surface area contributed by atoms with E-state index >= 15 is 0 Å². The van der Waals surface area contributed by atoms with Gasteiger partial charge in [-0.15, -0.1) is 5.48 Å². The minimum Gasteiger partial charge on any atom is -0.356 e. The van der Waals surface area contributed by atoms with Crippen molar-refractivity contribution in [3.05, 3.63) is 0 Å². The molecule has 0 aliphatic carbocycles. The van der Waals surface area contributed by atoms with Crippen LogP contribution < -0.4 is 10.8 Å². The monoisotopic (exact) mass is 238 g/mol. The Kier molecular flexibility index (Phi) is 4.67. The van der Waals surface area contributed by atoms with Gasteiger partial charge < -0.3 is 10.2 Å². The van der Waals surface area contributed by atoms with E-state index in [0.717, 1.165) is 0 Å². The van der Waals surface area contributed by atoms with Crippen LogP contribution in [0.3, 0.4) is 0 Å². The molecule has 5 heteroatoms. The Morgan fingerprint density at radius 2 is 2.12 bits per heavy atom. The molecule has 1 rings (SSSR count). The average Bonchev–Trinajstić information content (AvgIpc) is 2.70. The second-order valence-corrected chi connectivity index (χ2v) is 4.43. The first-order chi connectivity index (χ1) is 7.97. The largest absolute Gasteiger partial charge is 0.356 e. The molecule has 4 unspecified atom stereocenters. The summed E-state index contributed by atoms with van der Waals surface area (Å²) in [5.74, 6) is -0.0720. The van der Waals surface area contributed by atoms with Gasteiger partial charge in [-0.3, -0.25) is 9.59 Å². The summed E-state index contributed by atoms with van der Waals surface area (Å²) < 4.78 is 0. The smallest absolute Gasteiger partial charge is 0.146 e. The first-order valence-electron chi connectivity index (χ1n) is 5.61. The molecule has 0 aromatic carbocycles. The first-order valence-corrected chi connectivity index (χ1v) is 5.61. The number of hydroxylamine groups is 1. The summed E-state index contributed by atoms with van der Waals surface area (Å²) in [7, 11) is 0. The zero-order valence-corrected chi connectivity index (χ0v) is 10.3. The van der Waals surface area contributed by atoms with Crippen molar-refractivity contribution in [2.24, 2.45) is 5.92 Å². The molecule has 0 amide bonds. The second kappa shape index (κ2) is 5.80. The lowest BCUT2D eigenvalue weighted by atomic mass is 9.91. The number of hydrogen-bond donors (Lipinski definition) is 2. The lowest BCUT2D eigenvalue weighted by Crippen LogP contribution is -2.49. The van der Waals surface area contributed by atoms with E-state index in [2.05, 4.69) is 15.6 Å².